The summed E-state index contributed by atoms with van der Waals surface area (Å²) in [6, 6.07) is 18.5. The van der Waals surface area contributed by atoms with Gasteiger partial charge in [0.25, 0.3) is 0 Å². The summed E-state index contributed by atoms with van der Waals surface area (Å²) in [4.78, 5) is 3.44. The molecule has 1 aromatic heterocycles. The minimum atomic E-state index is -0.00800. The molecule has 0 saturated carbocycles. The zero-order valence-corrected chi connectivity index (χ0v) is 12.3. The highest BCUT2D eigenvalue weighted by Crippen LogP contribution is 2.38. The van der Waals surface area contributed by atoms with Gasteiger partial charge in [-0.3, -0.25) is 0 Å². The van der Waals surface area contributed by atoms with Gasteiger partial charge in [-0.25, -0.2) is 0 Å². The average Bonchev–Trinajstić information content (AvgIpc) is 2.93. The Hall–Kier alpha value is -1.91. The molecule has 0 saturated heterocycles. The van der Waals surface area contributed by atoms with Crippen LogP contribution in [0.4, 0.5) is 0 Å². The lowest BCUT2D eigenvalue weighted by molar-refractivity contribution is 0.276. The Balaban J connectivity index is 1.60. The van der Waals surface area contributed by atoms with E-state index in [1.807, 2.05) is 24.3 Å². The lowest BCUT2D eigenvalue weighted by atomic mass is 10.0. The molecule has 0 spiro atoms. The summed E-state index contributed by atoms with van der Waals surface area (Å²) in [7, 11) is 0. The summed E-state index contributed by atoms with van der Waals surface area (Å²) < 4.78 is 5.84. The van der Waals surface area contributed by atoms with E-state index in [2.05, 4.69) is 35.3 Å². The molecule has 1 aliphatic rings. The van der Waals surface area contributed by atoms with Crippen LogP contribution in [-0.4, -0.2) is 16.8 Å². The summed E-state index contributed by atoms with van der Waals surface area (Å²) >= 11 is 1.76. The van der Waals surface area contributed by atoms with Crippen molar-refractivity contribution in [2.45, 2.75) is 16.3 Å². The van der Waals surface area contributed by atoms with Crippen LogP contribution in [0.15, 0.2) is 59.6 Å². The first-order valence-corrected chi connectivity index (χ1v) is 7.91. The molecule has 2 aromatic carbocycles. The molecule has 0 aliphatic carbocycles. The molecular weight excluding hydrogens is 280 g/mol. The van der Waals surface area contributed by atoms with Crippen LogP contribution in [0.2, 0.25) is 0 Å². The monoisotopic (exact) mass is 296 g/mol. The van der Waals surface area contributed by atoms with Gasteiger partial charge in [0.2, 0.25) is 0 Å². The van der Waals surface area contributed by atoms with Crippen molar-refractivity contribution in [1.29, 1.82) is 0 Å². The Morgan fingerprint density at radius 3 is 2.81 bits per heavy atom. The number of aromatic nitrogens is 1. The maximum atomic E-state index is 6.42. The van der Waals surface area contributed by atoms with Gasteiger partial charge < -0.3 is 15.5 Å². The molecule has 3 aromatic rings. The standard InChI is InChI=1S/C17H16N2OS/c18-17-12-6-2-4-8-14(12)20-10-15(17)21-16-9-11-5-1-3-7-13(11)19-16/h1-9,15,17,19H,10,18H2. The number of ether oxygens (including phenoxy) is 1. The van der Waals surface area contributed by atoms with E-state index in [-0.39, 0.29) is 11.3 Å². The van der Waals surface area contributed by atoms with E-state index in [1.165, 1.54) is 5.39 Å². The van der Waals surface area contributed by atoms with Crippen LogP contribution < -0.4 is 10.5 Å². The Morgan fingerprint density at radius 2 is 1.90 bits per heavy atom. The topological polar surface area (TPSA) is 51.0 Å². The summed E-state index contributed by atoms with van der Waals surface area (Å²) in [5, 5.41) is 2.58. The Labute approximate surface area is 127 Å². The van der Waals surface area contributed by atoms with Crippen molar-refractivity contribution in [2.75, 3.05) is 6.61 Å². The number of nitrogens with one attached hydrogen (secondary N) is 1. The molecule has 3 N–H and O–H groups in total. The molecular formula is C17H16N2OS. The Morgan fingerprint density at radius 1 is 1.10 bits per heavy atom. The van der Waals surface area contributed by atoms with Crippen molar-refractivity contribution in [1.82, 2.24) is 4.98 Å². The number of nitrogens with two attached hydrogens (primary N) is 1. The summed E-state index contributed by atoms with van der Waals surface area (Å²) in [5.41, 5.74) is 8.67. The fourth-order valence-electron chi connectivity index (χ4n) is 2.74. The van der Waals surface area contributed by atoms with Crippen molar-refractivity contribution in [3.05, 3.63) is 60.2 Å². The van der Waals surface area contributed by atoms with Gasteiger partial charge >= 0.3 is 0 Å². The second kappa shape index (κ2) is 5.13. The first kappa shape index (κ1) is 12.8. The van der Waals surface area contributed by atoms with Gasteiger partial charge in [-0.05, 0) is 18.2 Å². The molecule has 4 rings (SSSR count). The molecule has 0 bridgehead atoms. The molecule has 1 aliphatic heterocycles. The number of hydrogen-bond acceptors (Lipinski definition) is 3. The number of aromatic amines is 1. The molecule has 3 nitrogen and oxygen atoms in total. The van der Waals surface area contributed by atoms with Gasteiger partial charge in [-0.2, -0.15) is 0 Å². The molecule has 4 heteroatoms. The molecule has 21 heavy (non-hydrogen) atoms. The summed E-state index contributed by atoms with van der Waals surface area (Å²) in [5.74, 6) is 0.915. The van der Waals surface area contributed by atoms with E-state index < -0.39 is 0 Å². The number of H-pyrrole nitrogens is 1. The second-order valence-corrected chi connectivity index (χ2v) is 6.53. The zero-order chi connectivity index (χ0) is 14.2. The van der Waals surface area contributed by atoms with Gasteiger partial charge in [0.05, 0.1) is 10.3 Å². The van der Waals surface area contributed by atoms with Crippen molar-refractivity contribution >= 4 is 22.7 Å². The molecule has 0 radical (unpaired) electrons. The van der Waals surface area contributed by atoms with Gasteiger partial charge in [-0.1, -0.05) is 48.2 Å². The number of para-hydroxylation sites is 2. The minimum Gasteiger partial charge on any atom is -0.492 e. The predicted molar refractivity (Wildman–Crippen MR) is 86.8 cm³/mol. The molecule has 2 unspecified atom stereocenters. The lowest BCUT2D eigenvalue weighted by Crippen LogP contribution is -2.33. The van der Waals surface area contributed by atoms with Crippen molar-refractivity contribution in [2.24, 2.45) is 5.73 Å². The Bertz CT molecular complexity index is 750. The number of rotatable bonds is 2. The highest BCUT2D eigenvalue weighted by atomic mass is 32.2. The van der Waals surface area contributed by atoms with Gasteiger partial charge in [0, 0.05) is 22.5 Å². The van der Waals surface area contributed by atoms with Gasteiger partial charge in [0.15, 0.2) is 0 Å². The molecule has 0 amide bonds. The number of fused-ring (bicyclic) bond motifs is 2. The molecule has 106 valence electrons. The van der Waals surface area contributed by atoms with Crippen LogP contribution in [0, 0.1) is 0 Å². The normalized spacial score (nSPS) is 21.0. The third-order valence-corrected chi connectivity index (χ3v) is 5.07. The van der Waals surface area contributed by atoms with Crippen molar-refractivity contribution in [3.63, 3.8) is 0 Å². The Kier molecular flexibility index (Phi) is 3.13. The fraction of sp³-hybridized carbons (Fsp3) is 0.176. The average molecular weight is 296 g/mol. The molecule has 2 atom stereocenters. The fourth-order valence-corrected chi connectivity index (χ4v) is 3.86. The second-order valence-electron chi connectivity index (χ2n) is 5.25. The van der Waals surface area contributed by atoms with E-state index >= 15 is 0 Å². The van der Waals surface area contributed by atoms with Crippen LogP contribution in [0.3, 0.4) is 0 Å². The minimum absolute atomic E-state index is 0.00800. The van der Waals surface area contributed by atoms with E-state index in [9.17, 15) is 0 Å². The highest BCUT2D eigenvalue weighted by Gasteiger charge is 2.29. The van der Waals surface area contributed by atoms with Crippen LogP contribution in [0.25, 0.3) is 10.9 Å². The van der Waals surface area contributed by atoms with E-state index in [0.29, 0.717) is 6.61 Å². The van der Waals surface area contributed by atoms with Crippen LogP contribution in [0.5, 0.6) is 5.75 Å². The van der Waals surface area contributed by atoms with Crippen LogP contribution in [0.1, 0.15) is 11.6 Å². The van der Waals surface area contributed by atoms with Crippen molar-refractivity contribution < 1.29 is 4.74 Å². The van der Waals surface area contributed by atoms with Gasteiger partial charge in [0.1, 0.15) is 12.4 Å². The van der Waals surface area contributed by atoms with E-state index in [1.54, 1.807) is 11.8 Å². The molecule has 0 fully saturated rings. The summed E-state index contributed by atoms with van der Waals surface area (Å²) in [6.45, 7) is 0.637. The number of benzene rings is 2. The zero-order valence-electron chi connectivity index (χ0n) is 11.5. The number of hydrogen-bond donors (Lipinski definition) is 2. The van der Waals surface area contributed by atoms with Gasteiger partial charge in [-0.15, -0.1) is 0 Å². The first-order chi connectivity index (χ1) is 10.3. The van der Waals surface area contributed by atoms with Crippen LogP contribution >= 0.6 is 11.8 Å². The summed E-state index contributed by atoms with van der Waals surface area (Å²) in [6.07, 6.45) is 0. The third kappa shape index (κ3) is 2.30. The SMILES string of the molecule is NC1c2ccccc2OCC1Sc1cc2ccccc2[nH]1. The lowest BCUT2D eigenvalue weighted by Gasteiger charge is -2.30. The first-order valence-electron chi connectivity index (χ1n) is 7.03. The quantitative estimate of drug-likeness (QED) is 0.758. The van der Waals surface area contributed by atoms with Crippen molar-refractivity contribution in [3.8, 4) is 5.75 Å². The predicted octanol–water partition coefficient (Wildman–Crippen LogP) is 3.72. The third-order valence-electron chi connectivity index (χ3n) is 3.87. The maximum Gasteiger partial charge on any atom is 0.124 e. The smallest absolute Gasteiger partial charge is 0.124 e. The maximum absolute atomic E-state index is 6.42. The van der Waals surface area contributed by atoms with E-state index in [4.69, 9.17) is 10.5 Å². The largest absolute Gasteiger partial charge is 0.492 e. The highest BCUT2D eigenvalue weighted by molar-refractivity contribution is 8.00. The van der Waals surface area contributed by atoms with Crippen LogP contribution in [-0.2, 0) is 0 Å². The van der Waals surface area contributed by atoms with E-state index in [0.717, 1.165) is 21.9 Å². The molecule has 2 heterocycles. The number of thioether (sulfide) groups is 1.